The fraction of sp³-hybridized carbons (Fsp3) is 0.581. The predicted octanol–water partition coefficient (Wildman–Crippen LogP) is 4.85. The normalized spacial score (nSPS) is 21.6. The first-order valence-electron chi connectivity index (χ1n) is 15.5. The van der Waals surface area contributed by atoms with Crippen LogP contribution in [0.5, 0.6) is 0 Å². The first kappa shape index (κ1) is 31.4. The van der Waals surface area contributed by atoms with Gasteiger partial charge in [0, 0.05) is 68.7 Å². The number of anilines is 1. The molecule has 2 aromatic rings. The number of benzene rings is 1. The lowest BCUT2D eigenvalue weighted by Gasteiger charge is -2.43. The quantitative estimate of drug-likeness (QED) is 0.476. The molecule has 1 aromatic carbocycles. The average molecular weight is 664 g/mol. The minimum Gasteiger partial charge on any atom is -0.436 e. The van der Waals surface area contributed by atoms with Gasteiger partial charge in [0.1, 0.15) is 0 Å². The van der Waals surface area contributed by atoms with Crippen molar-refractivity contribution in [3.8, 4) is 0 Å². The molecule has 0 bridgehead atoms. The summed E-state index contributed by atoms with van der Waals surface area (Å²) < 4.78 is 5.98. The summed E-state index contributed by atoms with van der Waals surface area (Å²) in [6.07, 6.45) is 2.32. The summed E-state index contributed by atoms with van der Waals surface area (Å²) in [5.74, 6) is -0.182. The number of piperidine rings is 2. The molecule has 1 unspecified atom stereocenters. The Labute approximate surface area is 272 Å². The van der Waals surface area contributed by atoms with Crippen LogP contribution in [0.2, 0.25) is 10.0 Å². The number of thiophene rings is 1. The molecule has 1 N–H and O–H groups in total. The van der Waals surface area contributed by atoms with E-state index >= 15 is 0 Å². The van der Waals surface area contributed by atoms with Crippen LogP contribution in [0.4, 0.5) is 15.3 Å². The number of carbonyl (C=O) groups is 3. The standard InChI is InChI=1S/C31H40Cl2N6O4S/c1-35-8-4-23(5-9-35)36-12-14-37(15-13-36)29(40)28(17-21-2-3-25(32)26(33)16-21)43-31(42)38-10-6-24(7-11-38)39-18-22-19-44-20-27(22)34-30(39)41/h2-3,16,19-20,23-24,28H,4-15,17-18H2,1H3,(H,34,41). The molecule has 3 saturated heterocycles. The highest BCUT2D eigenvalue weighted by atomic mass is 35.5. The second-order valence-corrected chi connectivity index (χ2v) is 13.9. The molecule has 10 nitrogen and oxygen atoms in total. The van der Waals surface area contributed by atoms with E-state index < -0.39 is 12.2 Å². The molecule has 1 aromatic heterocycles. The second kappa shape index (κ2) is 13.8. The summed E-state index contributed by atoms with van der Waals surface area (Å²) in [6, 6.07) is 5.73. The van der Waals surface area contributed by atoms with Crippen LogP contribution < -0.4 is 5.32 Å². The van der Waals surface area contributed by atoms with E-state index in [9.17, 15) is 14.4 Å². The molecule has 238 valence electrons. The number of likely N-dealkylation sites (tertiary alicyclic amines) is 2. The van der Waals surface area contributed by atoms with Gasteiger partial charge in [-0.05, 0) is 68.9 Å². The van der Waals surface area contributed by atoms with Crippen LogP contribution in [0.3, 0.4) is 0 Å². The lowest BCUT2D eigenvalue weighted by Crippen LogP contribution is -2.56. The van der Waals surface area contributed by atoms with Crippen LogP contribution in [0.15, 0.2) is 29.0 Å². The highest BCUT2D eigenvalue weighted by molar-refractivity contribution is 7.08. The number of hydrogen-bond acceptors (Lipinski definition) is 7. The van der Waals surface area contributed by atoms with E-state index in [1.807, 2.05) is 21.2 Å². The van der Waals surface area contributed by atoms with Crippen molar-refractivity contribution >= 4 is 58.3 Å². The number of nitrogens with one attached hydrogen (secondary N) is 1. The molecular formula is C31H40Cl2N6O4S. The minimum atomic E-state index is -0.975. The van der Waals surface area contributed by atoms with Gasteiger partial charge in [-0.15, -0.1) is 11.3 Å². The maximum absolute atomic E-state index is 13.9. The number of rotatable bonds is 6. The van der Waals surface area contributed by atoms with Gasteiger partial charge in [-0.25, -0.2) is 9.59 Å². The first-order valence-corrected chi connectivity index (χ1v) is 17.2. The summed E-state index contributed by atoms with van der Waals surface area (Å²) in [5, 5.41) is 7.81. The summed E-state index contributed by atoms with van der Waals surface area (Å²) in [5.41, 5.74) is 2.78. The Hall–Kier alpha value is -2.57. The molecule has 4 aliphatic rings. The van der Waals surface area contributed by atoms with Crippen molar-refractivity contribution in [1.82, 2.24) is 24.5 Å². The molecule has 6 rings (SSSR count). The number of nitrogens with zero attached hydrogens (tertiary/aromatic N) is 5. The maximum atomic E-state index is 13.9. The minimum absolute atomic E-state index is 0.0293. The number of fused-ring (bicyclic) bond motifs is 1. The van der Waals surface area contributed by atoms with Gasteiger partial charge in [0.2, 0.25) is 0 Å². The highest BCUT2D eigenvalue weighted by Gasteiger charge is 2.37. The predicted molar refractivity (Wildman–Crippen MR) is 173 cm³/mol. The molecule has 0 saturated carbocycles. The number of piperazine rings is 1. The molecule has 0 spiro atoms. The van der Waals surface area contributed by atoms with E-state index in [1.165, 1.54) is 0 Å². The van der Waals surface area contributed by atoms with Crippen LogP contribution in [-0.2, 0) is 22.5 Å². The number of hydrogen-bond donors (Lipinski definition) is 1. The second-order valence-electron chi connectivity index (χ2n) is 12.3. The highest BCUT2D eigenvalue weighted by Crippen LogP contribution is 2.31. The lowest BCUT2D eigenvalue weighted by atomic mass is 10.0. The average Bonchev–Trinajstić information content (AvgIpc) is 3.49. The first-order chi connectivity index (χ1) is 21.2. The third-order valence-corrected chi connectivity index (χ3v) is 11.0. The Bertz CT molecular complexity index is 1350. The van der Waals surface area contributed by atoms with Crippen molar-refractivity contribution in [3.63, 3.8) is 0 Å². The Morgan fingerprint density at radius 1 is 0.932 bits per heavy atom. The number of carbonyl (C=O) groups excluding carboxylic acids is 3. The molecule has 5 heterocycles. The van der Waals surface area contributed by atoms with E-state index in [-0.39, 0.29) is 24.4 Å². The van der Waals surface area contributed by atoms with Crippen LogP contribution in [0.1, 0.15) is 36.8 Å². The third kappa shape index (κ3) is 7.12. The Morgan fingerprint density at radius 3 is 2.34 bits per heavy atom. The zero-order valence-corrected chi connectivity index (χ0v) is 27.4. The largest absolute Gasteiger partial charge is 0.436 e. The van der Waals surface area contributed by atoms with E-state index in [2.05, 4.69) is 27.5 Å². The Balaban J connectivity index is 1.07. The van der Waals surface area contributed by atoms with Crippen molar-refractivity contribution in [2.24, 2.45) is 0 Å². The van der Waals surface area contributed by atoms with E-state index in [1.54, 1.807) is 28.4 Å². The number of amides is 4. The molecule has 4 amide bonds. The van der Waals surface area contributed by atoms with E-state index in [0.717, 1.165) is 55.8 Å². The summed E-state index contributed by atoms with van der Waals surface area (Å²) >= 11 is 14.0. The van der Waals surface area contributed by atoms with Crippen LogP contribution in [-0.4, -0.2) is 120 Å². The van der Waals surface area contributed by atoms with Crippen LogP contribution in [0.25, 0.3) is 0 Å². The summed E-state index contributed by atoms with van der Waals surface area (Å²) in [6.45, 7) is 6.53. The number of halogens is 2. The summed E-state index contributed by atoms with van der Waals surface area (Å²) in [4.78, 5) is 50.3. The van der Waals surface area contributed by atoms with Gasteiger partial charge in [-0.3, -0.25) is 9.69 Å². The number of urea groups is 1. The third-order valence-electron chi connectivity index (χ3n) is 9.50. The van der Waals surface area contributed by atoms with Gasteiger partial charge >= 0.3 is 12.1 Å². The molecule has 44 heavy (non-hydrogen) atoms. The van der Waals surface area contributed by atoms with Crippen molar-refractivity contribution in [2.45, 2.75) is 56.8 Å². The Morgan fingerprint density at radius 2 is 1.64 bits per heavy atom. The fourth-order valence-electron chi connectivity index (χ4n) is 6.78. The SMILES string of the molecule is CN1CCC(N2CCN(C(=O)C(Cc3ccc(Cl)c(Cl)c3)OC(=O)N3CCC(N4Cc5cscc5NC4=O)CC3)CC2)CC1. The van der Waals surface area contributed by atoms with Gasteiger partial charge in [0.15, 0.2) is 6.10 Å². The molecule has 13 heteroatoms. The van der Waals surface area contributed by atoms with Gasteiger partial charge in [-0.2, -0.15) is 0 Å². The van der Waals surface area contributed by atoms with Crippen molar-refractivity contribution in [2.75, 3.05) is 64.7 Å². The van der Waals surface area contributed by atoms with Crippen molar-refractivity contribution in [3.05, 3.63) is 50.1 Å². The molecule has 0 radical (unpaired) electrons. The molecule has 0 aliphatic carbocycles. The zero-order chi connectivity index (χ0) is 30.8. The monoisotopic (exact) mass is 662 g/mol. The van der Waals surface area contributed by atoms with Gasteiger partial charge < -0.3 is 29.7 Å². The van der Waals surface area contributed by atoms with Gasteiger partial charge in [-0.1, -0.05) is 29.3 Å². The van der Waals surface area contributed by atoms with Crippen LogP contribution >= 0.6 is 34.5 Å². The summed E-state index contributed by atoms with van der Waals surface area (Å²) in [7, 11) is 2.16. The molecule has 3 fully saturated rings. The van der Waals surface area contributed by atoms with E-state index in [0.29, 0.717) is 61.7 Å². The Kier molecular flexibility index (Phi) is 9.87. The number of ether oxygens (including phenoxy) is 1. The van der Waals surface area contributed by atoms with Crippen LogP contribution in [0, 0.1) is 0 Å². The van der Waals surface area contributed by atoms with Crippen molar-refractivity contribution in [1.29, 1.82) is 0 Å². The topological polar surface area (TPSA) is 88.7 Å². The van der Waals surface area contributed by atoms with E-state index in [4.69, 9.17) is 27.9 Å². The lowest BCUT2D eigenvalue weighted by molar-refractivity contribution is -0.143. The zero-order valence-electron chi connectivity index (χ0n) is 25.1. The van der Waals surface area contributed by atoms with Crippen molar-refractivity contribution < 1.29 is 19.1 Å². The fourth-order valence-corrected chi connectivity index (χ4v) is 7.88. The molecule has 4 aliphatic heterocycles. The molecular weight excluding hydrogens is 623 g/mol. The molecule has 1 atom stereocenters. The smallest absolute Gasteiger partial charge is 0.410 e. The van der Waals surface area contributed by atoms with Gasteiger partial charge in [0.05, 0.1) is 22.3 Å². The maximum Gasteiger partial charge on any atom is 0.410 e. The van der Waals surface area contributed by atoms with Gasteiger partial charge in [0.25, 0.3) is 5.91 Å².